The summed E-state index contributed by atoms with van der Waals surface area (Å²) in [5.41, 5.74) is 0.355. The zero-order valence-electron chi connectivity index (χ0n) is 10.2. The highest BCUT2D eigenvalue weighted by atomic mass is 16.5. The van der Waals surface area contributed by atoms with Gasteiger partial charge in [-0.25, -0.2) is 4.79 Å². The van der Waals surface area contributed by atoms with Crippen molar-refractivity contribution in [1.29, 1.82) is 0 Å². The first kappa shape index (κ1) is 13.9. The molecule has 0 bridgehead atoms. The molecule has 1 aromatic rings. The monoisotopic (exact) mass is 252 g/mol. The molecule has 0 radical (unpaired) electrons. The van der Waals surface area contributed by atoms with E-state index in [1.807, 2.05) is 0 Å². The normalized spacial score (nSPS) is 9.83. The lowest BCUT2D eigenvalue weighted by atomic mass is 10.3. The summed E-state index contributed by atoms with van der Waals surface area (Å²) in [6, 6.07) is 3.99. The summed E-state index contributed by atoms with van der Waals surface area (Å²) in [7, 11) is 0. The Kier molecular flexibility index (Phi) is 5.05. The van der Waals surface area contributed by atoms with Crippen LogP contribution in [0.4, 0.5) is 0 Å². The third-order valence-electron chi connectivity index (χ3n) is 2.02. The Morgan fingerprint density at radius 2 is 1.83 bits per heavy atom. The summed E-state index contributed by atoms with van der Waals surface area (Å²) in [5, 5.41) is 18.4. The second kappa shape index (κ2) is 6.54. The van der Waals surface area contributed by atoms with Crippen molar-refractivity contribution in [3.8, 4) is 17.2 Å². The van der Waals surface area contributed by atoms with Crippen molar-refractivity contribution in [2.45, 2.75) is 13.3 Å². The SMILES string of the molecule is C=C(C)C(=O)OCCCOc1cc(O)cc(O)c1. The molecule has 0 aliphatic carbocycles. The fraction of sp³-hybridized carbons (Fsp3) is 0.308. The van der Waals surface area contributed by atoms with Gasteiger partial charge in [-0.05, 0) is 6.92 Å². The van der Waals surface area contributed by atoms with Crippen LogP contribution in [0.25, 0.3) is 0 Å². The molecule has 0 spiro atoms. The maximum atomic E-state index is 11.0. The minimum Gasteiger partial charge on any atom is -0.508 e. The van der Waals surface area contributed by atoms with Gasteiger partial charge >= 0.3 is 5.97 Å². The molecule has 0 amide bonds. The molecule has 0 aliphatic heterocycles. The minimum atomic E-state index is -0.426. The Morgan fingerprint density at radius 1 is 1.22 bits per heavy atom. The first-order chi connectivity index (χ1) is 8.49. The lowest BCUT2D eigenvalue weighted by molar-refractivity contribution is -0.139. The molecule has 1 aromatic carbocycles. The number of hydrogen-bond acceptors (Lipinski definition) is 5. The first-order valence-electron chi connectivity index (χ1n) is 5.47. The van der Waals surface area contributed by atoms with Crippen LogP contribution < -0.4 is 4.74 Å². The maximum Gasteiger partial charge on any atom is 0.333 e. The number of esters is 1. The number of phenolic OH excluding ortho intramolecular Hbond substituents is 2. The molecule has 0 unspecified atom stereocenters. The van der Waals surface area contributed by atoms with Gasteiger partial charge in [-0.2, -0.15) is 0 Å². The van der Waals surface area contributed by atoms with Crippen molar-refractivity contribution >= 4 is 5.97 Å². The standard InChI is InChI=1S/C13H16O5/c1-9(2)13(16)18-5-3-4-17-12-7-10(14)6-11(15)8-12/h6-8,14-15H,1,3-5H2,2H3. The van der Waals surface area contributed by atoms with Crippen molar-refractivity contribution in [3.05, 3.63) is 30.4 Å². The van der Waals surface area contributed by atoms with Crippen LogP contribution in [0.15, 0.2) is 30.4 Å². The predicted octanol–water partition coefficient (Wildman–Crippen LogP) is 1.99. The van der Waals surface area contributed by atoms with E-state index >= 15 is 0 Å². The van der Waals surface area contributed by atoms with Gasteiger partial charge in [0.25, 0.3) is 0 Å². The molecule has 0 atom stereocenters. The Balaban J connectivity index is 2.26. The van der Waals surface area contributed by atoms with Crippen molar-refractivity contribution in [3.63, 3.8) is 0 Å². The highest BCUT2D eigenvalue weighted by molar-refractivity contribution is 5.86. The third kappa shape index (κ3) is 4.78. The van der Waals surface area contributed by atoms with Crippen LogP contribution in [0.3, 0.4) is 0 Å². The van der Waals surface area contributed by atoms with E-state index in [1.165, 1.54) is 18.2 Å². The van der Waals surface area contributed by atoms with E-state index in [0.29, 0.717) is 24.4 Å². The Hall–Kier alpha value is -2.17. The Bertz CT molecular complexity index is 419. The van der Waals surface area contributed by atoms with Crippen LogP contribution in [0.1, 0.15) is 13.3 Å². The van der Waals surface area contributed by atoms with E-state index in [4.69, 9.17) is 9.47 Å². The first-order valence-corrected chi connectivity index (χ1v) is 5.47. The van der Waals surface area contributed by atoms with E-state index in [9.17, 15) is 15.0 Å². The summed E-state index contributed by atoms with van der Waals surface area (Å²) in [6.45, 7) is 5.58. The van der Waals surface area contributed by atoms with Crippen molar-refractivity contribution in [2.24, 2.45) is 0 Å². The number of aromatic hydroxyl groups is 2. The van der Waals surface area contributed by atoms with Crippen molar-refractivity contribution < 1.29 is 24.5 Å². The molecule has 1 rings (SSSR count). The molecule has 0 heterocycles. The summed E-state index contributed by atoms with van der Waals surface area (Å²) < 4.78 is 10.1. The number of ether oxygens (including phenoxy) is 2. The van der Waals surface area contributed by atoms with Gasteiger partial charge in [-0.15, -0.1) is 0 Å². The molecular formula is C13H16O5. The summed E-state index contributed by atoms with van der Waals surface area (Å²) >= 11 is 0. The van der Waals surface area contributed by atoms with E-state index in [1.54, 1.807) is 6.92 Å². The molecule has 0 saturated heterocycles. The molecular weight excluding hydrogens is 236 g/mol. The topological polar surface area (TPSA) is 76.0 Å². The molecule has 98 valence electrons. The summed E-state index contributed by atoms with van der Waals surface area (Å²) in [4.78, 5) is 11.0. The fourth-order valence-corrected chi connectivity index (χ4v) is 1.19. The van der Waals surface area contributed by atoms with Gasteiger partial charge in [0.15, 0.2) is 0 Å². The summed E-state index contributed by atoms with van der Waals surface area (Å²) in [5.74, 6) is -0.207. The molecule has 2 N–H and O–H groups in total. The van der Waals surface area contributed by atoms with E-state index in [-0.39, 0.29) is 18.1 Å². The number of carbonyl (C=O) groups is 1. The molecule has 0 saturated carbocycles. The van der Waals surface area contributed by atoms with Gasteiger partial charge in [-0.3, -0.25) is 0 Å². The highest BCUT2D eigenvalue weighted by Gasteiger charge is 2.03. The maximum absolute atomic E-state index is 11.0. The Labute approximate surface area is 105 Å². The molecule has 0 aromatic heterocycles. The van der Waals surface area contributed by atoms with E-state index in [2.05, 4.69) is 6.58 Å². The number of phenols is 2. The van der Waals surface area contributed by atoms with E-state index < -0.39 is 5.97 Å². The van der Waals surface area contributed by atoms with Gasteiger partial charge < -0.3 is 19.7 Å². The van der Waals surface area contributed by atoms with Crippen molar-refractivity contribution in [2.75, 3.05) is 13.2 Å². The summed E-state index contributed by atoms with van der Waals surface area (Å²) in [6.07, 6.45) is 0.509. The number of rotatable bonds is 6. The quantitative estimate of drug-likeness (QED) is 0.460. The second-order valence-electron chi connectivity index (χ2n) is 3.80. The Morgan fingerprint density at radius 3 is 2.39 bits per heavy atom. The average Bonchev–Trinajstić information content (AvgIpc) is 2.26. The molecule has 0 aliphatic rings. The smallest absolute Gasteiger partial charge is 0.333 e. The van der Waals surface area contributed by atoms with Crippen molar-refractivity contribution in [1.82, 2.24) is 0 Å². The number of carbonyl (C=O) groups excluding carboxylic acids is 1. The van der Waals surface area contributed by atoms with Crippen LogP contribution in [-0.2, 0) is 9.53 Å². The van der Waals surface area contributed by atoms with Gasteiger partial charge in [0.2, 0.25) is 0 Å². The largest absolute Gasteiger partial charge is 0.508 e. The lowest BCUT2D eigenvalue weighted by Crippen LogP contribution is -2.09. The van der Waals surface area contributed by atoms with Crippen LogP contribution in [0.2, 0.25) is 0 Å². The lowest BCUT2D eigenvalue weighted by Gasteiger charge is -2.07. The van der Waals surface area contributed by atoms with Gasteiger partial charge in [0.05, 0.1) is 13.2 Å². The zero-order chi connectivity index (χ0) is 13.5. The zero-order valence-corrected chi connectivity index (χ0v) is 10.2. The number of benzene rings is 1. The van der Waals surface area contributed by atoms with Crippen LogP contribution in [0.5, 0.6) is 17.2 Å². The third-order valence-corrected chi connectivity index (χ3v) is 2.02. The molecule has 18 heavy (non-hydrogen) atoms. The predicted molar refractivity (Wildman–Crippen MR) is 65.7 cm³/mol. The van der Waals surface area contributed by atoms with Crippen LogP contribution >= 0.6 is 0 Å². The second-order valence-corrected chi connectivity index (χ2v) is 3.80. The van der Waals surface area contributed by atoms with Crippen LogP contribution in [0, 0.1) is 0 Å². The van der Waals surface area contributed by atoms with E-state index in [0.717, 1.165) is 0 Å². The molecule has 5 heteroatoms. The molecule has 5 nitrogen and oxygen atoms in total. The van der Waals surface area contributed by atoms with Gasteiger partial charge in [-0.1, -0.05) is 6.58 Å². The fourth-order valence-electron chi connectivity index (χ4n) is 1.19. The van der Waals surface area contributed by atoms with Gasteiger partial charge in [0.1, 0.15) is 17.2 Å². The minimum absolute atomic E-state index is 0.0706. The average molecular weight is 252 g/mol. The van der Waals surface area contributed by atoms with Crippen LogP contribution in [-0.4, -0.2) is 29.4 Å². The highest BCUT2D eigenvalue weighted by Crippen LogP contribution is 2.25. The molecule has 0 fully saturated rings. The number of hydrogen-bond donors (Lipinski definition) is 2. The van der Waals surface area contributed by atoms with Gasteiger partial charge in [0, 0.05) is 30.2 Å².